The molecule has 1 aromatic heterocycles. The zero-order chi connectivity index (χ0) is 21.3. The third kappa shape index (κ3) is 3.97. The van der Waals surface area contributed by atoms with Crippen molar-refractivity contribution in [3.05, 3.63) is 48.0 Å². The molecule has 0 unspecified atom stereocenters. The standard InChI is InChI=1S/C24H25N3O3/c1-15(2)30-24(28)26-18-8-6-17(7-9-18)23-21(13-25)20-12-19(29-3)10-11-22(20)27(23)14-16-4-5-16/h6-12,15-16H,4-5,14H2,1-3H3,(H,26,28). The maximum atomic E-state index is 11.8. The summed E-state index contributed by atoms with van der Waals surface area (Å²) in [4.78, 5) is 11.8. The first-order valence-electron chi connectivity index (χ1n) is 10.2. The van der Waals surface area contributed by atoms with Crippen molar-refractivity contribution in [2.75, 3.05) is 12.4 Å². The van der Waals surface area contributed by atoms with Gasteiger partial charge in [-0.3, -0.25) is 5.32 Å². The van der Waals surface area contributed by atoms with Gasteiger partial charge < -0.3 is 14.0 Å². The van der Waals surface area contributed by atoms with Gasteiger partial charge in [0, 0.05) is 17.6 Å². The van der Waals surface area contributed by atoms with Crippen LogP contribution in [0.5, 0.6) is 5.75 Å². The molecule has 0 saturated heterocycles. The van der Waals surface area contributed by atoms with Gasteiger partial charge in [0.2, 0.25) is 0 Å². The Morgan fingerprint density at radius 1 is 1.23 bits per heavy atom. The van der Waals surface area contributed by atoms with Crippen molar-refractivity contribution >= 4 is 22.7 Å². The lowest BCUT2D eigenvalue weighted by Crippen LogP contribution is -2.17. The first kappa shape index (κ1) is 19.8. The zero-order valence-electron chi connectivity index (χ0n) is 17.4. The van der Waals surface area contributed by atoms with Gasteiger partial charge in [0.25, 0.3) is 0 Å². The number of methoxy groups -OCH3 is 1. The first-order valence-corrected chi connectivity index (χ1v) is 10.2. The Bertz CT molecular complexity index is 1120. The van der Waals surface area contributed by atoms with Crippen LogP contribution in [0.25, 0.3) is 22.2 Å². The quantitative estimate of drug-likeness (QED) is 0.585. The highest BCUT2D eigenvalue weighted by atomic mass is 16.6. The SMILES string of the molecule is COc1ccc2c(c1)c(C#N)c(-c1ccc(NC(=O)OC(C)C)cc1)n2CC1CC1. The van der Waals surface area contributed by atoms with Crippen LogP contribution in [-0.2, 0) is 11.3 Å². The van der Waals surface area contributed by atoms with E-state index in [9.17, 15) is 10.1 Å². The van der Waals surface area contributed by atoms with Crippen molar-refractivity contribution < 1.29 is 14.3 Å². The van der Waals surface area contributed by atoms with Crippen molar-refractivity contribution in [3.63, 3.8) is 0 Å². The number of ether oxygens (including phenoxy) is 2. The second kappa shape index (κ2) is 8.11. The highest BCUT2D eigenvalue weighted by Crippen LogP contribution is 2.39. The highest BCUT2D eigenvalue weighted by molar-refractivity contribution is 5.95. The van der Waals surface area contributed by atoms with Crippen molar-refractivity contribution in [1.29, 1.82) is 5.26 Å². The van der Waals surface area contributed by atoms with E-state index in [1.165, 1.54) is 12.8 Å². The summed E-state index contributed by atoms with van der Waals surface area (Å²) in [6.07, 6.45) is 1.78. The van der Waals surface area contributed by atoms with Crippen LogP contribution in [0.2, 0.25) is 0 Å². The van der Waals surface area contributed by atoms with Crippen LogP contribution in [0.15, 0.2) is 42.5 Å². The van der Waals surface area contributed by atoms with Crippen molar-refractivity contribution in [2.45, 2.75) is 39.3 Å². The number of amides is 1. The lowest BCUT2D eigenvalue weighted by atomic mass is 10.1. The third-order valence-electron chi connectivity index (χ3n) is 5.27. The molecule has 30 heavy (non-hydrogen) atoms. The number of nitriles is 1. The molecule has 0 spiro atoms. The Balaban J connectivity index is 1.75. The summed E-state index contributed by atoms with van der Waals surface area (Å²) in [5.41, 5.74) is 4.17. The number of carbonyl (C=O) groups excluding carboxylic acids is 1. The van der Waals surface area contributed by atoms with Gasteiger partial charge >= 0.3 is 6.09 Å². The molecular weight excluding hydrogens is 378 g/mol. The summed E-state index contributed by atoms with van der Waals surface area (Å²) in [6, 6.07) is 15.8. The lowest BCUT2D eigenvalue weighted by Gasteiger charge is -2.12. The molecule has 1 heterocycles. The number of nitrogens with zero attached hydrogens (tertiary/aromatic N) is 2. The van der Waals surface area contributed by atoms with Gasteiger partial charge in [0.15, 0.2) is 0 Å². The van der Waals surface area contributed by atoms with Crippen molar-refractivity contribution in [1.82, 2.24) is 4.57 Å². The molecule has 0 radical (unpaired) electrons. The van der Waals surface area contributed by atoms with E-state index in [4.69, 9.17) is 9.47 Å². The minimum Gasteiger partial charge on any atom is -0.497 e. The van der Waals surface area contributed by atoms with Crippen LogP contribution < -0.4 is 10.1 Å². The molecule has 2 aromatic carbocycles. The smallest absolute Gasteiger partial charge is 0.411 e. The molecule has 1 aliphatic rings. The van der Waals surface area contributed by atoms with E-state index in [1.807, 2.05) is 42.5 Å². The fourth-order valence-corrected chi connectivity index (χ4v) is 3.70. The first-order chi connectivity index (χ1) is 14.5. The van der Waals surface area contributed by atoms with Gasteiger partial charge in [0.05, 0.1) is 30.0 Å². The third-order valence-corrected chi connectivity index (χ3v) is 5.27. The Labute approximate surface area is 176 Å². The minimum atomic E-state index is -0.481. The van der Waals surface area contributed by atoms with E-state index in [1.54, 1.807) is 21.0 Å². The summed E-state index contributed by atoms with van der Waals surface area (Å²) in [7, 11) is 1.63. The number of carbonyl (C=O) groups is 1. The Kier molecular flexibility index (Phi) is 5.37. The summed E-state index contributed by atoms with van der Waals surface area (Å²) >= 11 is 0. The Morgan fingerprint density at radius 3 is 2.57 bits per heavy atom. The van der Waals surface area contributed by atoms with E-state index < -0.39 is 6.09 Å². The fourth-order valence-electron chi connectivity index (χ4n) is 3.70. The fraction of sp³-hybridized carbons (Fsp3) is 0.333. The molecule has 154 valence electrons. The van der Waals surface area contributed by atoms with Crippen molar-refractivity contribution in [3.8, 4) is 23.1 Å². The molecule has 6 heteroatoms. The molecule has 1 amide bonds. The van der Waals surface area contributed by atoms with Crippen LogP contribution in [0.3, 0.4) is 0 Å². The molecule has 1 fully saturated rings. The Hall–Kier alpha value is -3.46. The number of nitrogens with one attached hydrogen (secondary N) is 1. The van der Waals surface area contributed by atoms with Gasteiger partial charge in [-0.05, 0) is 68.5 Å². The summed E-state index contributed by atoms with van der Waals surface area (Å²) in [5, 5.41) is 13.6. The maximum Gasteiger partial charge on any atom is 0.411 e. The molecule has 1 N–H and O–H groups in total. The topological polar surface area (TPSA) is 76.3 Å². The van der Waals surface area contributed by atoms with Crippen LogP contribution in [-0.4, -0.2) is 23.9 Å². The second-order valence-electron chi connectivity index (χ2n) is 7.93. The lowest BCUT2D eigenvalue weighted by molar-refractivity contribution is 0.130. The number of anilines is 1. The normalized spacial score (nSPS) is 13.3. The number of fused-ring (bicyclic) bond motifs is 1. The average molecular weight is 403 g/mol. The van der Waals surface area contributed by atoms with E-state index in [-0.39, 0.29) is 6.10 Å². The number of hydrogen-bond donors (Lipinski definition) is 1. The molecule has 3 aromatic rings. The molecule has 4 rings (SSSR count). The summed E-state index contributed by atoms with van der Waals surface area (Å²) < 4.78 is 12.8. The molecule has 0 bridgehead atoms. The van der Waals surface area contributed by atoms with Crippen molar-refractivity contribution in [2.24, 2.45) is 5.92 Å². The van der Waals surface area contributed by atoms with Gasteiger partial charge in [-0.1, -0.05) is 12.1 Å². The van der Waals surface area contributed by atoms with E-state index in [0.29, 0.717) is 17.2 Å². The predicted molar refractivity (Wildman–Crippen MR) is 117 cm³/mol. The summed E-state index contributed by atoms with van der Waals surface area (Å²) in [6.45, 7) is 4.50. The van der Waals surface area contributed by atoms with Gasteiger partial charge in [-0.15, -0.1) is 0 Å². The van der Waals surface area contributed by atoms with Gasteiger partial charge in [-0.2, -0.15) is 5.26 Å². The minimum absolute atomic E-state index is 0.183. The highest BCUT2D eigenvalue weighted by Gasteiger charge is 2.26. The summed E-state index contributed by atoms with van der Waals surface area (Å²) in [5.74, 6) is 1.39. The number of rotatable bonds is 6. The Morgan fingerprint density at radius 2 is 1.97 bits per heavy atom. The van der Waals surface area contributed by atoms with E-state index in [0.717, 1.165) is 34.5 Å². The molecule has 0 aliphatic heterocycles. The van der Waals surface area contributed by atoms with Gasteiger partial charge in [0.1, 0.15) is 11.8 Å². The van der Waals surface area contributed by atoms with Gasteiger partial charge in [-0.25, -0.2) is 4.79 Å². The zero-order valence-corrected chi connectivity index (χ0v) is 17.4. The average Bonchev–Trinajstić information content (AvgIpc) is 3.49. The van der Waals surface area contributed by atoms with E-state index in [2.05, 4.69) is 16.0 Å². The second-order valence-corrected chi connectivity index (χ2v) is 7.93. The molecule has 6 nitrogen and oxygen atoms in total. The van der Waals surface area contributed by atoms with Crippen LogP contribution in [0, 0.1) is 17.2 Å². The molecular formula is C24H25N3O3. The van der Waals surface area contributed by atoms with Crippen LogP contribution in [0.4, 0.5) is 10.5 Å². The predicted octanol–water partition coefficient (Wildman–Crippen LogP) is 5.56. The largest absolute Gasteiger partial charge is 0.497 e. The molecule has 0 atom stereocenters. The number of hydrogen-bond acceptors (Lipinski definition) is 4. The molecule has 1 saturated carbocycles. The van der Waals surface area contributed by atoms with Crippen LogP contribution in [0.1, 0.15) is 32.3 Å². The maximum absolute atomic E-state index is 11.8. The van der Waals surface area contributed by atoms with Crippen LogP contribution >= 0.6 is 0 Å². The number of aromatic nitrogens is 1. The number of benzene rings is 2. The van der Waals surface area contributed by atoms with E-state index >= 15 is 0 Å². The molecule has 1 aliphatic carbocycles. The monoisotopic (exact) mass is 403 g/mol.